The first kappa shape index (κ1) is 33.7. The van der Waals surface area contributed by atoms with Gasteiger partial charge in [-0.2, -0.15) is 0 Å². The molecule has 1 aliphatic carbocycles. The van der Waals surface area contributed by atoms with E-state index in [9.17, 15) is 0 Å². The fraction of sp³-hybridized carbons (Fsp3) is 0.0526. The van der Waals surface area contributed by atoms with E-state index in [0.29, 0.717) is 5.82 Å². The normalized spacial score (nSPS) is 13.1. The lowest BCUT2D eigenvalue weighted by atomic mass is 9.81. The molecule has 12 rings (SSSR count). The maximum atomic E-state index is 5.33. The summed E-state index contributed by atoms with van der Waals surface area (Å²) in [6.45, 7) is 4.74. The summed E-state index contributed by atoms with van der Waals surface area (Å²) in [5.41, 5.74) is 12.8. The molecule has 1 aliphatic rings. The smallest absolute Gasteiger partial charge is 0.160 e. The van der Waals surface area contributed by atoms with Gasteiger partial charge in [0.1, 0.15) is 0 Å². The van der Waals surface area contributed by atoms with E-state index in [2.05, 4.69) is 202 Å². The Balaban J connectivity index is 1.08. The van der Waals surface area contributed by atoms with Crippen LogP contribution in [0.1, 0.15) is 25.0 Å². The topological polar surface area (TPSA) is 25.8 Å². The van der Waals surface area contributed by atoms with E-state index >= 15 is 0 Å². The van der Waals surface area contributed by atoms with Gasteiger partial charge in [-0.15, -0.1) is 0 Å². The van der Waals surface area contributed by atoms with Crippen molar-refractivity contribution < 1.29 is 0 Å². The zero-order valence-corrected chi connectivity index (χ0v) is 32.9. The van der Waals surface area contributed by atoms with Crippen molar-refractivity contribution in [2.24, 2.45) is 0 Å². The van der Waals surface area contributed by atoms with Crippen LogP contribution in [0.15, 0.2) is 194 Å². The van der Waals surface area contributed by atoms with Crippen LogP contribution in [0.4, 0.5) is 0 Å². The second kappa shape index (κ2) is 12.8. The number of nitrogens with zero attached hydrogens (tertiary/aromatic N) is 2. The molecule has 11 aromatic rings. The second-order valence-electron chi connectivity index (χ2n) is 16.4. The van der Waals surface area contributed by atoms with Crippen LogP contribution >= 0.6 is 0 Å². The predicted molar refractivity (Wildman–Crippen MR) is 249 cm³/mol. The quantitative estimate of drug-likeness (QED) is 0.167. The molecule has 0 N–H and O–H groups in total. The molecular weight excluding hydrogens is 713 g/mol. The predicted octanol–water partition coefficient (Wildman–Crippen LogP) is 15.2. The van der Waals surface area contributed by atoms with Crippen molar-refractivity contribution in [1.29, 1.82) is 0 Å². The first-order valence-electron chi connectivity index (χ1n) is 20.5. The van der Waals surface area contributed by atoms with Gasteiger partial charge in [0.05, 0.1) is 11.4 Å². The van der Waals surface area contributed by atoms with Gasteiger partial charge in [-0.1, -0.05) is 196 Å². The van der Waals surface area contributed by atoms with Crippen LogP contribution in [0.5, 0.6) is 0 Å². The summed E-state index contributed by atoms with van der Waals surface area (Å²) in [5.74, 6) is 0.710. The Morgan fingerprint density at radius 3 is 1.61 bits per heavy atom. The van der Waals surface area contributed by atoms with Crippen LogP contribution in [0.25, 0.3) is 110 Å². The molecule has 0 saturated heterocycles. The maximum Gasteiger partial charge on any atom is 0.160 e. The lowest BCUT2D eigenvalue weighted by Gasteiger charge is -2.22. The van der Waals surface area contributed by atoms with Gasteiger partial charge in [0.15, 0.2) is 5.82 Å². The number of hydrogen-bond acceptors (Lipinski definition) is 2. The first-order valence-corrected chi connectivity index (χ1v) is 20.5. The molecule has 2 nitrogen and oxygen atoms in total. The molecule has 0 aliphatic heterocycles. The SMILES string of the molecule is CC1(C)c2cccc(-c3ccc(-c4cc(-c5ccc6c7ccccc7c7ccccc7c6c5)nc(-c5ccccc5)n4)c4ccccc34)c2-c2c1ccc1ccccc21. The molecule has 0 spiro atoms. The lowest BCUT2D eigenvalue weighted by Crippen LogP contribution is -2.14. The van der Waals surface area contributed by atoms with E-state index in [1.165, 1.54) is 81.9 Å². The summed E-state index contributed by atoms with van der Waals surface area (Å²) >= 11 is 0. The van der Waals surface area contributed by atoms with Gasteiger partial charge >= 0.3 is 0 Å². The highest BCUT2D eigenvalue weighted by Crippen LogP contribution is 2.55. The van der Waals surface area contributed by atoms with Crippen LogP contribution < -0.4 is 0 Å². The largest absolute Gasteiger partial charge is 0.228 e. The van der Waals surface area contributed by atoms with Crippen molar-refractivity contribution >= 4 is 53.9 Å². The number of hydrogen-bond donors (Lipinski definition) is 0. The summed E-state index contributed by atoms with van der Waals surface area (Å²) in [6, 6.07) is 70.6. The molecule has 276 valence electrons. The Kier molecular flexibility index (Phi) is 7.31. The van der Waals surface area contributed by atoms with Crippen molar-refractivity contribution in [3.05, 3.63) is 205 Å². The van der Waals surface area contributed by atoms with Crippen molar-refractivity contribution in [2.45, 2.75) is 19.3 Å². The third kappa shape index (κ3) is 5.06. The Bertz CT molecular complexity index is 3490. The molecule has 0 saturated carbocycles. The van der Waals surface area contributed by atoms with Gasteiger partial charge in [-0.25, -0.2) is 9.97 Å². The van der Waals surface area contributed by atoms with Gasteiger partial charge in [-0.3, -0.25) is 0 Å². The molecule has 0 bridgehead atoms. The molecule has 2 heteroatoms. The third-order valence-electron chi connectivity index (χ3n) is 12.9. The minimum absolute atomic E-state index is 0.117. The summed E-state index contributed by atoms with van der Waals surface area (Å²) < 4.78 is 0. The number of benzene rings is 10. The van der Waals surface area contributed by atoms with E-state index in [0.717, 1.165) is 33.5 Å². The molecule has 0 radical (unpaired) electrons. The summed E-state index contributed by atoms with van der Waals surface area (Å²) in [7, 11) is 0. The van der Waals surface area contributed by atoms with Gasteiger partial charge < -0.3 is 0 Å². The van der Waals surface area contributed by atoms with Crippen LogP contribution in [-0.2, 0) is 5.41 Å². The molecule has 1 heterocycles. The Hall–Kier alpha value is -7.42. The second-order valence-corrected chi connectivity index (χ2v) is 16.4. The fourth-order valence-corrected chi connectivity index (χ4v) is 10.0. The van der Waals surface area contributed by atoms with Gasteiger partial charge in [0.2, 0.25) is 0 Å². The van der Waals surface area contributed by atoms with E-state index in [1.54, 1.807) is 0 Å². The molecule has 0 amide bonds. The standard InChI is InChI=1S/C57H38N2/c1-57(2)50-26-14-25-48(55(50)54-38-18-7-6-15-35(38)28-32-51(54)57)45-30-31-47(43-23-12-10-22-42(43)45)53-34-52(58-56(59-53)36-16-4-3-5-17-36)37-27-29-46-41-21-9-8-19-39(41)40-20-11-13-24-44(40)49(46)33-37/h3-34H,1-2H3. The van der Waals surface area contributed by atoms with Gasteiger partial charge in [0.25, 0.3) is 0 Å². The molecule has 0 atom stereocenters. The van der Waals surface area contributed by atoms with Crippen molar-refractivity contribution in [3.8, 4) is 56.2 Å². The highest BCUT2D eigenvalue weighted by atomic mass is 14.9. The van der Waals surface area contributed by atoms with Gasteiger partial charge in [-0.05, 0) is 99.4 Å². The van der Waals surface area contributed by atoms with E-state index in [-0.39, 0.29) is 5.41 Å². The monoisotopic (exact) mass is 750 g/mol. The molecular formula is C57H38N2. The summed E-state index contributed by atoms with van der Waals surface area (Å²) in [6.07, 6.45) is 0. The Morgan fingerprint density at radius 2 is 0.881 bits per heavy atom. The Morgan fingerprint density at radius 1 is 0.322 bits per heavy atom. The Labute approximate surface area is 343 Å². The highest BCUT2D eigenvalue weighted by Gasteiger charge is 2.38. The lowest BCUT2D eigenvalue weighted by molar-refractivity contribution is 0.661. The molecule has 10 aromatic carbocycles. The van der Waals surface area contributed by atoms with Crippen LogP contribution in [0, 0.1) is 0 Å². The fourth-order valence-electron chi connectivity index (χ4n) is 10.0. The average Bonchev–Trinajstić information content (AvgIpc) is 3.55. The maximum absolute atomic E-state index is 5.33. The first-order chi connectivity index (χ1) is 29.0. The van der Waals surface area contributed by atoms with Gasteiger partial charge in [0, 0.05) is 22.1 Å². The number of fused-ring (bicyclic) bond motifs is 12. The summed E-state index contributed by atoms with van der Waals surface area (Å²) in [4.78, 5) is 10.6. The minimum Gasteiger partial charge on any atom is -0.228 e. The number of rotatable bonds is 4. The molecule has 1 aromatic heterocycles. The molecule has 0 unspecified atom stereocenters. The van der Waals surface area contributed by atoms with Crippen molar-refractivity contribution in [2.75, 3.05) is 0 Å². The third-order valence-corrected chi connectivity index (χ3v) is 12.9. The number of aromatic nitrogens is 2. The zero-order chi connectivity index (χ0) is 39.2. The molecule has 59 heavy (non-hydrogen) atoms. The zero-order valence-electron chi connectivity index (χ0n) is 32.9. The van der Waals surface area contributed by atoms with Crippen molar-refractivity contribution in [3.63, 3.8) is 0 Å². The molecule has 0 fully saturated rings. The van der Waals surface area contributed by atoms with E-state index in [4.69, 9.17) is 9.97 Å². The van der Waals surface area contributed by atoms with E-state index in [1.807, 2.05) is 6.07 Å². The van der Waals surface area contributed by atoms with Crippen LogP contribution in [0.2, 0.25) is 0 Å². The van der Waals surface area contributed by atoms with Crippen molar-refractivity contribution in [1.82, 2.24) is 9.97 Å². The van der Waals surface area contributed by atoms with Crippen LogP contribution in [-0.4, -0.2) is 9.97 Å². The van der Waals surface area contributed by atoms with Crippen LogP contribution in [0.3, 0.4) is 0 Å². The summed E-state index contributed by atoms with van der Waals surface area (Å²) in [5, 5.41) is 12.5. The van der Waals surface area contributed by atoms with E-state index < -0.39 is 0 Å². The minimum atomic E-state index is -0.117. The highest BCUT2D eigenvalue weighted by molar-refractivity contribution is 6.25. The average molecular weight is 751 g/mol.